The van der Waals surface area contributed by atoms with E-state index in [2.05, 4.69) is 20.4 Å². The summed E-state index contributed by atoms with van der Waals surface area (Å²) in [7, 11) is 0. The van der Waals surface area contributed by atoms with Crippen LogP contribution in [0.1, 0.15) is 59.3 Å². The normalized spacial score (nSPS) is 29.8. The van der Waals surface area contributed by atoms with Crippen LogP contribution in [0, 0.1) is 11.8 Å². The van der Waals surface area contributed by atoms with Crippen molar-refractivity contribution in [2.45, 2.75) is 77.8 Å². The summed E-state index contributed by atoms with van der Waals surface area (Å²) in [4.78, 5) is 23.5. The van der Waals surface area contributed by atoms with E-state index >= 15 is 0 Å². The summed E-state index contributed by atoms with van der Waals surface area (Å²) in [6.45, 7) is 10.3. The molecule has 2 rings (SSSR count). The zero-order valence-corrected chi connectivity index (χ0v) is 18.0. The number of carbonyl (C=O) groups excluding carboxylic acids is 2. The lowest BCUT2D eigenvalue weighted by Gasteiger charge is -2.40. The molecule has 1 aliphatic carbocycles. The summed E-state index contributed by atoms with van der Waals surface area (Å²) in [5.41, 5.74) is 0.356. The van der Waals surface area contributed by atoms with E-state index in [0.29, 0.717) is 11.5 Å². The monoisotopic (exact) mass is 412 g/mol. The van der Waals surface area contributed by atoms with Crippen LogP contribution in [0.2, 0.25) is 0 Å². The van der Waals surface area contributed by atoms with Crippen molar-refractivity contribution in [3.05, 3.63) is 12.2 Å². The van der Waals surface area contributed by atoms with E-state index in [1.165, 1.54) is 0 Å². The molecule has 1 aliphatic heterocycles. The number of carbonyl (C=O) groups is 2. The highest BCUT2D eigenvalue weighted by atomic mass is 16.7. The maximum atomic E-state index is 12.3. The van der Waals surface area contributed by atoms with Crippen LogP contribution in [0.15, 0.2) is 12.2 Å². The molecule has 166 valence electrons. The van der Waals surface area contributed by atoms with Gasteiger partial charge >= 0.3 is 11.9 Å². The standard InChI is InChI=1S/C22H36O7/c1-5-19-14-16(4)28-22(29-19)18-8-6-17(7-9-18)21(24)27-13-11-25-10-12-26-20(23)15(2)3/h16-19,22H,2,5-14H2,1,3-4H3. The second kappa shape index (κ2) is 12.3. The van der Waals surface area contributed by atoms with E-state index in [4.69, 9.17) is 23.7 Å². The summed E-state index contributed by atoms with van der Waals surface area (Å²) in [5.74, 6) is -0.308. The third-order valence-electron chi connectivity index (χ3n) is 5.51. The molecule has 1 heterocycles. The van der Waals surface area contributed by atoms with Crippen molar-refractivity contribution in [1.29, 1.82) is 0 Å². The van der Waals surface area contributed by atoms with Gasteiger partial charge in [-0.2, -0.15) is 0 Å². The Bertz CT molecular complexity index is 539. The Kier molecular flexibility index (Phi) is 10.1. The molecule has 0 bridgehead atoms. The van der Waals surface area contributed by atoms with Crippen LogP contribution < -0.4 is 0 Å². The molecule has 2 aliphatic rings. The lowest BCUT2D eigenvalue weighted by atomic mass is 9.81. The lowest BCUT2D eigenvalue weighted by Crippen LogP contribution is -2.42. The van der Waals surface area contributed by atoms with Crippen molar-refractivity contribution in [1.82, 2.24) is 0 Å². The first-order valence-corrected chi connectivity index (χ1v) is 10.8. The molecular weight excluding hydrogens is 376 g/mol. The van der Waals surface area contributed by atoms with Crippen LogP contribution >= 0.6 is 0 Å². The quantitative estimate of drug-likeness (QED) is 0.309. The summed E-state index contributed by atoms with van der Waals surface area (Å²) in [5, 5.41) is 0. The minimum Gasteiger partial charge on any atom is -0.463 e. The van der Waals surface area contributed by atoms with Gasteiger partial charge in [0.05, 0.1) is 31.3 Å². The molecule has 3 unspecified atom stereocenters. The number of hydrogen-bond donors (Lipinski definition) is 0. The van der Waals surface area contributed by atoms with Crippen LogP contribution in [0.3, 0.4) is 0 Å². The third-order valence-corrected chi connectivity index (χ3v) is 5.51. The van der Waals surface area contributed by atoms with Gasteiger partial charge in [0.1, 0.15) is 13.2 Å². The fourth-order valence-corrected chi connectivity index (χ4v) is 3.78. The molecule has 0 aromatic rings. The van der Waals surface area contributed by atoms with E-state index in [0.717, 1.165) is 38.5 Å². The van der Waals surface area contributed by atoms with Gasteiger partial charge in [0.2, 0.25) is 0 Å². The molecule has 7 nitrogen and oxygen atoms in total. The molecule has 2 fully saturated rings. The predicted molar refractivity (Wildman–Crippen MR) is 107 cm³/mol. The van der Waals surface area contributed by atoms with Gasteiger partial charge in [-0.1, -0.05) is 13.5 Å². The molecular formula is C22H36O7. The Morgan fingerprint density at radius 1 is 1.00 bits per heavy atom. The van der Waals surface area contributed by atoms with Crippen LogP contribution in [0.5, 0.6) is 0 Å². The first-order valence-electron chi connectivity index (χ1n) is 10.8. The second-order valence-electron chi connectivity index (χ2n) is 8.02. The average Bonchev–Trinajstić information content (AvgIpc) is 2.72. The van der Waals surface area contributed by atoms with Crippen LogP contribution in [0.25, 0.3) is 0 Å². The molecule has 0 aromatic heterocycles. The molecule has 29 heavy (non-hydrogen) atoms. The van der Waals surface area contributed by atoms with Crippen LogP contribution in [0.4, 0.5) is 0 Å². The zero-order chi connectivity index (χ0) is 21.2. The maximum Gasteiger partial charge on any atom is 0.333 e. The Morgan fingerprint density at radius 2 is 1.66 bits per heavy atom. The number of hydrogen-bond acceptors (Lipinski definition) is 7. The molecule has 3 atom stereocenters. The fourth-order valence-electron chi connectivity index (χ4n) is 3.78. The van der Waals surface area contributed by atoms with Crippen molar-refractivity contribution in [3.8, 4) is 0 Å². The van der Waals surface area contributed by atoms with E-state index in [1.807, 2.05) is 0 Å². The average molecular weight is 413 g/mol. The number of rotatable bonds is 10. The SMILES string of the molecule is C=C(C)C(=O)OCCOCCOC(=O)C1CCC(C2OC(C)CC(CC)O2)CC1. The summed E-state index contributed by atoms with van der Waals surface area (Å²) < 4.78 is 27.6. The minimum atomic E-state index is -0.431. The first kappa shape index (κ1) is 23.8. The molecule has 0 N–H and O–H groups in total. The number of ether oxygens (including phenoxy) is 5. The molecule has 0 aromatic carbocycles. The zero-order valence-electron chi connectivity index (χ0n) is 18.0. The minimum absolute atomic E-state index is 0.0641. The van der Waals surface area contributed by atoms with Crippen LogP contribution in [-0.2, 0) is 33.3 Å². The molecule has 0 radical (unpaired) electrons. The fraction of sp³-hybridized carbons (Fsp3) is 0.818. The van der Waals surface area contributed by atoms with Gasteiger partial charge in [-0.25, -0.2) is 4.79 Å². The summed E-state index contributed by atoms with van der Waals surface area (Å²) >= 11 is 0. The highest BCUT2D eigenvalue weighted by molar-refractivity contribution is 5.86. The maximum absolute atomic E-state index is 12.3. The smallest absolute Gasteiger partial charge is 0.333 e. The Hall–Kier alpha value is -1.44. The largest absolute Gasteiger partial charge is 0.463 e. The topological polar surface area (TPSA) is 80.3 Å². The Morgan fingerprint density at radius 3 is 2.28 bits per heavy atom. The molecule has 7 heteroatoms. The van der Waals surface area contributed by atoms with E-state index in [9.17, 15) is 9.59 Å². The first-order chi connectivity index (χ1) is 13.9. The number of esters is 2. The Balaban J connectivity index is 1.56. The molecule has 1 saturated carbocycles. The van der Waals surface area contributed by atoms with Crippen molar-refractivity contribution in [2.75, 3.05) is 26.4 Å². The summed E-state index contributed by atoms with van der Waals surface area (Å²) in [6.07, 6.45) is 5.74. The van der Waals surface area contributed by atoms with Crippen LogP contribution in [-0.4, -0.2) is 56.9 Å². The Labute approximate surface area is 174 Å². The highest BCUT2D eigenvalue weighted by Crippen LogP contribution is 2.36. The molecule has 0 spiro atoms. The van der Waals surface area contributed by atoms with Gasteiger partial charge in [-0.3, -0.25) is 4.79 Å². The highest BCUT2D eigenvalue weighted by Gasteiger charge is 2.36. The molecule has 0 amide bonds. The van der Waals surface area contributed by atoms with Crippen molar-refractivity contribution < 1.29 is 33.3 Å². The van der Waals surface area contributed by atoms with Gasteiger partial charge in [0.25, 0.3) is 0 Å². The van der Waals surface area contributed by atoms with E-state index in [1.54, 1.807) is 6.92 Å². The van der Waals surface area contributed by atoms with Gasteiger partial charge in [0.15, 0.2) is 6.29 Å². The van der Waals surface area contributed by atoms with E-state index < -0.39 is 5.97 Å². The van der Waals surface area contributed by atoms with Gasteiger partial charge in [-0.15, -0.1) is 0 Å². The van der Waals surface area contributed by atoms with Crippen molar-refractivity contribution in [3.63, 3.8) is 0 Å². The van der Waals surface area contributed by atoms with Gasteiger partial charge in [0, 0.05) is 11.5 Å². The molecule has 1 saturated heterocycles. The van der Waals surface area contributed by atoms with Gasteiger partial charge < -0.3 is 23.7 Å². The van der Waals surface area contributed by atoms with Crippen molar-refractivity contribution >= 4 is 11.9 Å². The van der Waals surface area contributed by atoms with E-state index in [-0.39, 0.29) is 56.8 Å². The van der Waals surface area contributed by atoms with Gasteiger partial charge in [-0.05, 0) is 52.4 Å². The third kappa shape index (κ3) is 8.07. The second-order valence-corrected chi connectivity index (χ2v) is 8.02. The van der Waals surface area contributed by atoms with Crippen molar-refractivity contribution in [2.24, 2.45) is 11.8 Å². The summed E-state index contributed by atoms with van der Waals surface area (Å²) in [6, 6.07) is 0. The lowest BCUT2D eigenvalue weighted by molar-refractivity contribution is -0.264. The predicted octanol–water partition coefficient (Wildman–Crippen LogP) is 3.40.